The second-order valence-corrected chi connectivity index (χ2v) is 8.84. The number of piperidine rings is 1. The largest absolute Gasteiger partial charge is 0.342 e. The lowest BCUT2D eigenvalue weighted by molar-refractivity contribution is 0.0793. The summed E-state index contributed by atoms with van der Waals surface area (Å²) < 4.78 is 0. The van der Waals surface area contributed by atoms with Crippen LogP contribution in [0.4, 0.5) is 10.5 Å². The van der Waals surface area contributed by atoms with E-state index in [1.165, 1.54) is 0 Å². The quantitative estimate of drug-likeness (QED) is 0.612. The van der Waals surface area contributed by atoms with E-state index in [9.17, 15) is 9.59 Å². The lowest BCUT2D eigenvalue weighted by atomic mass is 9.97. The first-order valence-corrected chi connectivity index (χ1v) is 11.7. The number of nitrogens with one attached hydrogen (secondary N) is 2. The van der Waals surface area contributed by atoms with Crippen LogP contribution >= 0.6 is 0 Å². The normalized spacial score (nSPS) is 18.4. The molecule has 7 nitrogen and oxygen atoms in total. The van der Waals surface area contributed by atoms with Crippen molar-refractivity contribution in [3.8, 4) is 11.3 Å². The maximum absolute atomic E-state index is 12.9. The van der Waals surface area contributed by atoms with Crippen LogP contribution in [0, 0.1) is 0 Å². The van der Waals surface area contributed by atoms with Crippen LogP contribution in [0.3, 0.4) is 0 Å². The lowest BCUT2D eigenvalue weighted by Crippen LogP contribution is -2.41. The Morgan fingerprint density at radius 1 is 0.909 bits per heavy atom. The van der Waals surface area contributed by atoms with Crippen molar-refractivity contribution in [3.05, 3.63) is 72.2 Å². The number of hydrogen-bond acceptors (Lipinski definition) is 3. The number of carbonyl (C=O) groups is 2. The van der Waals surface area contributed by atoms with Gasteiger partial charge in [0.25, 0.3) is 5.91 Å². The number of H-pyrrole nitrogens is 1. The molecule has 2 N–H and O–H groups in total. The molecule has 1 aromatic heterocycles. The van der Waals surface area contributed by atoms with Crippen molar-refractivity contribution >= 4 is 17.6 Å². The van der Waals surface area contributed by atoms with Gasteiger partial charge < -0.3 is 20.1 Å². The molecule has 170 valence electrons. The SMILES string of the molecule is O=C(Nc1ccc(C(=O)N2CCCC2)cc1)N1CCC[C@@H](c2ncc(-c3ccccc3)[nH]2)C1. The summed E-state index contributed by atoms with van der Waals surface area (Å²) >= 11 is 0. The highest BCUT2D eigenvalue weighted by Crippen LogP contribution is 2.27. The number of hydrogen-bond donors (Lipinski definition) is 2. The van der Waals surface area contributed by atoms with E-state index in [4.69, 9.17) is 0 Å². The molecule has 0 aliphatic carbocycles. The van der Waals surface area contributed by atoms with Crippen molar-refractivity contribution in [2.45, 2.75) is 31.6 Å². The van der Waals surface area contributed by atoms with Gasteiger partial charge in [0.05, 0.1) is 11.9 Å². The number of amides is 3. The molecule has 0 bridgehead atoms. The van der Waals surface area contributed by atoms with Crippen molar-refractivity contribution in [3.63, 3.8) is 0 Å². The first-order chi connectivity index (χ1) is 16.2. The van der Waals surface area contributed by atoms with Gasteiger partial charge in [-0.15, -0.1) is 0 Å². The van der Waals surface area contributed by atoms with E-state index in [0.717, 1.165) is 62.4 Å². The fraction of sp³-hybridized carbons (Fsp3) is 0.346. The zero-order valence-electron chi connectivity index (χ0n) is 18.7. The summed E-state index contributed by atoms with van der Waals surface area (Å²) in [6.07, 6.45) is 5.95. The standard InChI is InChI=1S/C26H29N5O2/c32-25(30-14-4-5-15-30)20-10-12-22(13-11-20)28-26(33)31-16-6-9-21(18-31)24-27-17-23(29-24)19-7-2-1-3-8-19/h1-3,7-8,10-13,17,21H,4-6,9,14-16,18H2,(H,27,29)(H,28,33)/t21-/m1/s1. The molecule has 33 heavy (non-hydrogen) atoms. The topological polar surface area (TPSA) is 81.3 Å². The molecule has 3 aromatic rings. The molecule has 1 atom stereocenters. The number of benzene rings is 2. The zero-order valence-corrected chi connectivity index (χ0v) is 18.7. The highest BCUT2D eigenvalue weighted by molar-refractivity contribution is 5.95. The van der Waals surface area contributed by atoms with Gasteiger partial charge in [0, 0.05) is 43.3 Å². The van der Waals surface area contributed by atoms with Crippen LogP contribution in [0.15, 0.2) is 60.8 Å². The molecule has 3 heterocycles. The summed E-state index contributed by atoms with van der Waals surface area (Å²) in [5.41, 5.74) is 3.47. The van der Waals surface area contributed by atoms with E-state index < -0.39 is 0 Å². The Balaban J connectivity index is 1.20. The highest BCUT2D eigenvalue weighted by atomic mass is 16.2. The minimum Gasteiger partial charge on any atom is -0.342 e. The molecule has 5 rings (SSSR count). The van der Waals surface area contributed by atoms with E-state index in [0.29, 0.717) is 17.8 Å². The number of nitrogens with zero attached hydrogens (tertiary/aromatic N) is 3. The van der Waals surface area contributed by atoms with Crippen LogP contribution in [0.1, 0.15) is 47.8 Å². The molecular weight excluding hydrogens is 414 g/mol. The highest BCUT2D eigenvalue weighted by Gasteiger charge is 2.27. The van der Waals surface area contributed by atoms with Gasteiger partial charge >= 0.3 is 6.03 Å². The maximum Gasteiger partial charge on any atom is 0.321 e. The van der Waals surface area contributed by atoms with E-state index in [-0.39, 0.29) is 17.9 Å². The Bertz CT molecular complexity index is 1100. The summed E-state index contributed by atoms with van der Waals surface area (Å²) in [7, 11) is 0. The van der Waals surface area contributed by atoms with Crippen LogP contribution in [-0.4, -0.2) is 57.9 Å². The minimum absolute atomic E-state index is 0.0672. The molecule has 2 aromatic carbocycles. The first-order valence-electron chi connectivity index (χ1n) is 11.7. The molecule has 0 saturated carbocycles. The number of rotatable bonds is 4. The average Bonchev–Trinajstić information content (AvgIpc) is 3.58. The van der Waals surface area contributed by atoms with E-state index in [1.807, 2.05) is 34.2 Å². The monoisotopic (exact) mass is 443 g/mol. The third kappa shape index (κ3) is 4.77. The predicted molar refractivity (Wildman–Crippen MR) is 128 cm³/mol. The molecule has 0 unspecified atom stereocenters. The second kappa shape index (κ2) is 9.48. The molecule has 2 fully saturated rings. The zero-order chi connectivity index (χ0) is 22.6. The Kier molecular flexibility index (Phi) is 6.11. The Morgan fingerprint density at radius 2 is 1.64 bits per heavy atom. The third-order valence-electron chi connectivity index (χ3n) is 6.55. The molecule has 2 saturated heterocycles. The van der Waals surface area contributed by atoms with Crippen LogP contribution in [0.5, 0.6) is 0 Å². The molecule has 0 radical (unpaired) electrons. The van der Waals surface area contributed by atoms with E-state index >= 15 is 0 Å². The first kappa shape index (κ1) is 21.2. The minimum atomic E-state index is -0.117. The average molecular weight is 444 g/mol. The van der Waals surface area contributed by atoms with E-state index in [2.05, 4.69) is 27.4 Å². The number of carbonyl (C=O) groups excluding carboxylic acids is 2. The predicted octanol–water partition coefficient (Wildman–Crippen LogP) is 4.72. The van der Waals surface area contributed by atoms with Crippen molar-refractivity contribution in [1.29, 1.82) is 0 Å². The number of aromatic nitrogens is 2. The molecular formula is C26H29N5O2. The van der Waals surface area contributed by atoms with Crippen molar-refractivity contribution in [2.75, 3.05) is 31.5 Å². The van der Waals surface area contributed by atoms with Crippen molar-refractivity contribution in [2.24, 2.45) is 0 Å². The second-order valence-electron chi connectivity index (χ2n) is 8.84. The third-order valence-corrected chi connectivity index (χ3v) is 6.55. The lowest BCUT2D eigenvalue weighted by Gasteiger charge is -2.32. The van der Waals surface area contributed by atoms with Crippen molar-refractivity contribution in [1.82, 2.24) is 19.8 Å². The van der Waals surface area contributed by atoms with E-state index in [1.54, 1.807) is 24.3 Å². The van der Waals surface area contributed by atoms with Gasteiger partial charge in [-0.2, -0.15) is 0 Å². The van der Waals surface area contributed by atoms with Gasteiger partial charge in [-0.05, 0) is 55.5 Å². The van der Waals surface area contributed by atoms with Gasteiger partial charge in [-0.25, -0.2) is 9.78 Å². The molecule has 0 spiro atoms. The van der Waals surface area contributed by atoms with Crippen LogP contribution < -0.4 is 5.32 Å². The number of urea groups is 1. The number of imidazole rings is 1. The number of anilines is 1. The smallest absolute Gasteiger partial charge is 0.321 e. The summed E-state index contributed by atoms with van der Waals surface area (Å²) in [6, 6.07) is 17.2. The summed E-state index contributed by atoms with van der Waals surface area (Å²) in [6.45, 7) is 3.01. The van der Waals surface area contributed by atoms with Gasteiger partial charge in [-0.3, -0.25) is 4.79 Å². The van der Waals surface area contributed by atoms with Crippen LogP contribution in [0.25, 0.3) is 11.3 Å². The van der Waals surface area contributed by atoms with Crippen molar-refractivity contribution < 1.29 is 9.59 Å². The Morgan fingerprint density at radius 3 is 2.39 bits per heavy atom. The Hall–Kier alpha value is -3.61. The number of aromatic amines is 1. The summed E-state index contributed by atoms with van der Waals surface area (Å²) in [5.74, 6) is 1.18. The Labute approximate surface area is 193 Å². The van der Waals surface area contributed by atoms with Crippen LogP contribution in [0.2, 0.25) is 0 Å². The fourth-order valence-corrected chi connectivity index (χ4v) is 4.69. The van der Waals surface area contributed by atoms with Crippen LogP contribution in [-0.2, 0) is 0 Å². The summed E-state index contributed by atoms with van der Waals surface area (Å²) in [4.78, 5) is 37.2. The van der Waals surface area contributed by atoms with Gasteiger partial charge in [0.2, 0.25) is 0 Å². The van der Waals surface area contributed by atoms with Gasteiger partial charge in [-0.1, -0.05) is 30.3 Å². The molecule has 2 aliphatic rings. The molecule has 2 aliphatic heterocycles. The summed E-state index contributed by atoms with van der Waals surface area (Å²) in [5, 5.41) is 2.98. The number of likely N-dealkylation sites (tertiary alicyclic amines) is 2. The van der Waals surface area contributed by atoms with Gasteiger partial charge in [0.1, 0.15) is 5.82 Å². The van der Waals surface area contributed by atoms with Gasteiger partial charge in [0.15, 0.2) is 0 Å². The fourth-order valence-electron chi connectivity index (χ4n) is 4.69. The maximum atomic E-state index is 12.9. The molecule has 3 amide bonds. The molecule has 7 heteroatoms.